The zero-order valence-electron chi connectivity index (χ0n) is 25.4. The van der Waals surface area contributed by atoms with Crippen LogP contribution in [0.15, 0.2) is 75.8 Å². The van der Waals surface area contributed by atoms with E-state index in [9.17, 15) is 53.1 Å². The first-order chi connectivity index (χ1) is 24.5. The monoisotopic (exact) mass is 730 g/mol. The number of azo groups is 1. The van der Waals surface area contributed by atoms with Crippen LogP contribution in [0.5, 0.6) is 5.88 Å². The maximum Gasteiger partial charge on any atom is 0.335 e. The Morgan fingerprint density at radius 3 is 1.54 bits per heavy atom. The minimum Gasteiger partial charge on any atom is -0.491 e. The van der Waals surface area contributed by atoms with Crippen LogP contribution in [0.25, 0.3) is 10.8 Å². The number of hydrogen-bond donors (Lipinski definition) is 8. The summed E-state index contributed by atoms with van der Waals surface area (Å²) in [6.07, 6.45) is 0. The van der Waals surface area contributed by atoms with Gasteiger partial charge in [-0.3, -0.25) is 4.55 Å². The molecular weight excluding hydrogens is 712 g/mol. The number of hydrogen-bond acceptors (Lipinski definition) is 15. The predicted octanol–water partition coefficient (Wildman–Crippen LogP) is 4.26. The molecule has 0 aliphatic heterocycles. The van der Waals surface area contributed by atoms with Gasteiger partial charge in [0.05, 0.1) is 32.8 Å². The second-order valence-electron chi connectivity index (χ2n) is 10.0. The molecule has 52 heavy (non-hydrogen) atoms. The summed E-state index contributed by atoms with van der Waals surface area (Å²) in [5.41, 5.74) is -2.52. The Hall–Kier alpha value is -7.84. The van der Waals surface area contributed by atoms with Crippen molar-refractivity contribution in [2.45, 2.75) is 4.90 Å². The summed E-state index contributed by atoms with van der Waals surface area (Å²) in [7, 11) is -4.50. The van der Waals surface area contributed by atoms with Crippen molar-refractivity contribution in [3.63, 3.8) is 0 Å². The number of aromatic hydroxyl groups is 1. The molecule has 0 atom stereocenters. The van der Waals surface area contributed by atoms with Crippen LogP contribution in [0.2, 0.25) is 0 Å². The summed E-state index contributed by atoms with van der Waals surface area (Å²) >= 11 is 0. The van der Waals surface area contributed by atoms with Crippen LogP contribution in [0.1, 0.15) is 41.4 Å². The summed E-state index contributed by atoms with van der Waals surface area (Å²) in [6, 6.07) is 10.3. The van der Waals surface area contributed by atoms with E-state index in [1.54, 1.807) is 0 Å². The highest BCUT2D eigenvalue weighted by Crippen LogP contribution is 2.39. The molecule has 0 amide bonds. The number of nitrogens with zero attached hydrogens (tertiary/aromatic N) is 8. The lowest BCUT2D eigenvalue weighted by atomic mass is 10.1. The molecule has 0 unspecified atom stereocenters. The SMILES string of the molecule is [C-]#[N+]c1nn(-c2nc(Nc3cc(C(=O)O)cc(C(=O)O)c3)nc(Nc3cc(C(=O)O)cc(C(=O)O)c3)n2)c(O)c1N=Nc1ccc(S(=O)(=O)O)cc1. The van der Waals surface area contributed by atoms with E-state index in [1.807, 2.05) is 0 Å². The van der Waals surface area contributed by atoms with Crippen molar-refractivity contribution in [3.8, 4) is 11.8 Å². The number of nitrogens with one attached hydrogen (secondary N) is 2. The van der Waals surface area contributed by atoms with Gasteiger partial charge in [-0.2, -0.15) is 33.6 Å². The Balaban J connectivity index is 1.63. The number of aromatic carboxylic acids is 4. The van der Waals surface area contributed by atoms with E-state index in [0.717, 1.165) is 60.7 Å². The average Bonchev–Trinajstić information content (AvgIpc) is 3.41. The van der Waals surface area contributed by atoms with Crippen LogP contribution >= 0.6 is 0 Å². The second-order valence-corrected chi connectivity index (χ2v) is 11.5. The predicted molar refractivity (Wildman–Crippen MR) is 173 cm³/mol. The van der Waals surface area contributed by atoms with Gasteiger partial charge in [-0.25, -0.2) is 19.2 Å². The number of anilines is 4. The van der Waals surface area contributed by atoms with Crippen molar-refractivity contribution in [2.75, 3.05) is 10.6 Å². The molecule has 5 rings (SSSR count). The Morgan fingerprint density at radius 2 is 1.15 bits per heavy atom. The Bertz CT molecular complexity index is 2330. The average molecular weight is 731 g/mol. The molecule has 5 aromatic rings. The van der Waals surface area contributed by atoms with Gasteiger partial charge in [0.25, 0.3) is 21.9 Å². The highest BCUT2D eigenvalue weighted by Gasteiger charge is 2.25. The molecule has 2 aromatic heterocycles. The first-order valence-corrected chi connectivity index (χ1v) is 15.2. The molecule has 0 bridgehead atoms. The minimum atomic E-state index is -4.50. The fraction of sp³-hybridized carbons (Fsp3) is 0. The quantitative estimate of drug-likeness (QED) is 0.0505. The molecule has 0 fully saturated rings. The van der Waals surface area contributed by atoms with E-state index < -0.39 is 96.4 Å². The molecule has 0 saturated carbocycles. The van der Waals surface area contributed by atoms with Gasteiger partial charge in [-0.15, -0.1) is 0 Å². The molecule has 262 valence electrons. The maximum absolute atomic E-state index is 11.7. The van der Waals surface area contributed by atoms with Gasteiger partial charge in [-0.05, 0) is 65.8 Å². The summed E-state index contributed by atoms with van der Waals surface area (Å²) in [6.45, 7) is 7.51. The number of carbonyl (C=O) groups is 4. The zero-order valence-corrected chi connectivity index (χ0v) is 26.2. The molecule has 0 spiro atoms. The topological polar surface area (TPSA) is 333 Å². The van der Waals surface area contributed by atoms with Gasteiger partial charge in [0.1, 0.15) is 0 Å². The lowest BCUT2D eigenvalue weighted by molar-refractivity contribution is 0.0676. The second kappa shape index (κ2) is 13.9. The van der Waals surface area contributed by atoms with Gasteiger partial charge in [0.15, 0.2) is 5.69 Å². The fourth-order valence-electron chi connectivity index (χ4n) is 4.21. The Labute approximate surface area is 288 Å². The van der Waals surface area contributed by atoms with Gasteiger partial charge >= 0.3 is 29.7 Å². The highest BCUT2D eigenvalue weighted by atomic mass is 32.2. The Morgan fingerprint density at radius 1 is 0.712 bits per heavy atom. The van der Waals surface area contributed by atoms with Crippen LogP contribution in [0.3, 0.4) is 0 Å². The third kappa shape index (κ3) is 7.89. The lowest BCUT2D eigenvalue weighted by Crippen LogP contribution is -2.11. The highest BCUT2D eigenvalue weighted by molar-refractivity contribution is 7.85. The van der Waals surface area contributed by atoms with Crippen LogP contribution in [-0.4, -0.2) is 87.1 Å². The van der Waals surface area contributed by atoms with E-state index >= 15 is 0 Å². The number of carboxylic acid groups (broad SMARTS) is 4. The summed E-state index contributed by atoms with van der Waals surface area (Å²) in [4.78, 5) is 61.7. The maximum atomic E-state index is 11.7. The van der Waals surface area contributed by atoms with Gasteiger partial charge < -0.3 is 41.0 Å². The van der Waals surface area contributed by atoms with E-state index in [1.165, 1.54) is 0 Å². The summed E-state index contributed by atoms with van der Waals surface area (Å²) in [5.74, 6) is -8.77. The van der Waals surface area contributed by atoms with Crippen LogP contribution in [0.4, 0.5) is 40.5 Å². The van der Waals surface area contributed by atoms with Crippen molar-refractivity contribution in [3.05, 3.63) is 94.3 Å². The van der Waals surface area contributed by atoms with Crippen molar-refractivity contribution >= 4 is 74.5 Å². The van der Waals surface area contributed by atoms with Crippen molar-refractivity contribution in [1.82, 2.24) is 24.7 Å². The minimum absolute atomic E-state index is 0.0299. The van der Waals surface area contributed by atoms with Crippen molar-refractivity contribution in [2.24, 2.45) is 10.2 Å². The third-order valence-electron chi connectivity index (χ3n) is 6.50. The largest absolute Gasteiger partial charge is 0.491 e. The van der Waals surface area contributed by atoms with Crippen LogP contribution in [-0.2, 0) is 10.1 Å². The normalized spacial score (nSPS) is 11.2. The zero-order chi connectivity index (χ0) is 37.9. The third-order valence-corrected chi connectivity index (χ3v) is 7.37. The number of rotatable bonds is 12. The van der Waals surface area contributed by atoms with Gasteiger partial charge in [0, 0.05) is 11.4 Å². The van der Waals surface area contributed by atoms with E-state index in [4.69, 9.17) is 11.1 Å². The summed E-state index contributed by atoms with van der Waals surface area (Å²) < 4.78 is 32.4. The number of carboxylic acids is 4. The summed E-state index contributed by atoms with van der Waals surface area (Å²) in [5, 5.41) is 65.8. The van der Waals surface area contributed by atoms with Gasteiger partial charge in [-0.1, -0.05) is 11.3 Å². The smallest absolute Gasteiger partial charge is 0.335 e. The first kappa shape index (κ1) is 35.5. The molecule has 0 saturated heterocycles. The number of benzene rings is 3. The fourth-order valence-corrected chi connectivity index (χ4v) is 4.69. The van der Waals surface area contributed by atoms with Crippen LogP contribution in [0, 0.1) is 6.57 Å². The van der Waals surface area contributed by atoms with E-state index in [0.29, 0.717) is 4.68 Å². The van der Waals surface area contributed by atoms with Crippen molar-refractivity contribution in [1.29, 1.82) is 0 Å². The molecule has 0 aliphatic rings. The molecule has 2 heterocycles. The first-order valence-electron chi connectivity index (χ1n) is 13.7. The molecule has 0 radical (unpaired) electrons. The standard InChI is InChI=1S/C29H18N10O12S/c1-30-21-20(37-36-16-2-4-19(5-3-16)52(49,50)51)22(40)39(38-21)29-34-27(31-17-8-12(23(41)42)6-13(9-17)24(43)44)33-28(35-29)32-18-10-14(25(45)46)7-15(11-18)26(47)48/h2-11,40H,(H,41,42)(H,43,44)(H,45,46)(H,47,48)(H,49,50,51)(H2,31,32,33,34,35). The molecule has 3 aromatic carbocycles. The lowest BCUT2D eigenvalue weighted by Gasteiger charge is -2.12. The van der Waals surface area contributed by atoms with E-state index in [2.05, 4.69) is 45.8 Å². The molecule has 22 nitrogen and oxygen atoms in total. The van der Waals surface area contributed by atoms with Gasteiger partial charge in [0.2, 0.25) is 11.9 Å². The molecular formula is C29H18N10O12S. The van der Waals surface area contributed by atoms with Crippen molar-refractivity contribution < 1.29 is 57.7 Å². The molecule has 23 heteroatoms. The van der Waals surface area contributed by atoms with Crippen LogP contribution < -0.4 is 10.6 Å². The molecule has 0 aliphatic carbocycles. The molecule has 8 N–H and O–H groups in total. The number of aromatic nitrogens is 5. The van der Waals surface area contributed by atoms with E-state index in [-0.39, 0.29) is 17.1 Å². The Kier molecular flexibility index (Phi) is 9.51.